The largest absolute Gasteiger partial charge is 0.157 e. The smallest absolute Gasteiger partial charge is 0.0406 e. The monoisotopic (exact) mass is 304 g/mol. The van der Waals surface area contributed by atoms with Crippen molar-refractivity contribution in [3.05, 3.63) is 59.1 Å². The third-order valence-electron chi connectivity index (χ3n) is 3.24. The first-order valence-corrected chi connectivity index (χ1v) is 8.61. The van der Waals surface area contributed by atoms with E-state index in [1.54, 1.807) is 0 Å². The van der Waals surface area contributed by atoms with Gasteiger partial charge < -0.3 is 0 Å². The molecule has 0 heterocycles. The van der Waals surface area contributed by atoms with Crippen molar-refractivity contribution in [2.45, 2.75) is 26.0 Å². The van der Waals surface area contributed by atoms with Crippen LogP contribution in [0.3, 0.4) is 0 Å². The molecule has 0 nitrogen and oxygen atoms in total. The number of thioether (sulfide) groups is 1. The molecular weight excluding hydrogens is 284 g/mol. The molecule has 0 N–H and O–H groups in total. The van der Waals surface area contributed by atoms with Crippen LogP contribution in [0.4, 0.5) is 0 Å². The second-order valence-electron chi connectivity index (χ2n) is 5.44. The normalized spacial score (nSPS) is 11.0. The predicted octanol–water partition coefficient (Wildman–Crippen LogP) is 6.29. The highest BCUT2D eigenvalue weighted by atomic mass is 35.5. The Labute approximate surface area is 131 Å². The molecule has 0 saturated heterocycles. The Bertz CT molecular complexity index is 514. The Morgan fingerprint density at radius 2 is 1.45 bits per heavy atom. The first kappa shape index (κ1) is 15.5. The number of rotatable bonds is 6. The van der Waals surface area contributed by atoms with Gasteiger partial charge in [-0.3, -0.25) is 0 Å². The Kier molecular flexibility index (Phi) is 6.00. The fraction of sp³-hybridized carbons (Fsp3) is 0.333. The first-order valence-electron chi connectivity index (χ1n) is 7.08. The van der Waals surface area contributed by atoms with Crippen molar-refractivity contribution >= 4 is 23.4 Å². The second-order valence-corrected chi connectivity index (χ2v) is 6.98. The maximum atomic E-state index is 5.91. The molecule has 20 heavy (non-hydrogen) atoms. The molecule has 2 aromatic carbocycles. The van der Waals surface area contributed by atoms with Crippen LogP contribution in [-0.2, 0) is 5.75 Å². The van der Waals surface area contributed by atoms with Gasteiger partial charge in [0.1, 0.15) is 0 Å². The van der Waals surface area contributed by atoms with Crippen LogP contribution in [0.1, 0.15) is 25.8 Å². The molecule has 0 saturated carbocycles. The lowest BCUT2D eigenvalue weighted by Gasteiger charge is -2.06. The van der Waals surface area contributed by atoms with Crippen LogP contribution in [0.5, 0.6) is 0 Å². The summed E-state index contributed by atoms with van der Waals surface area (Å²) in [6.45, 7) is 4.56. The summed E-state index contributed by atoms with van der Waals surface area (Å²) in [5.74, 6) is 3.15. The summed E-state index contributed by atoms with van der Waals surface area (Å²) in [6, 6.07) is 16.9. The lowest BCUT2D eigenvalue weighted by atomic mass is 10.0. The van der Waals surface area contributed by atoms with E-state index < -0.39 is 0 Å². The van der Waals surface area contributed by atoms with E-state index in [4.69, 9.17) is 11.6 Å². The van der Waals surface area contributed by atoms with Crippen molar-refractivity contribution in [2.24, 2.45) is 5.92 Å². The van der Waals surface area contributed by atoms with Gasteiger partial charge in [0.05, 0.1) is 0 Å². The van der Waals surface area contributed by atoms with Crippen LogP contribution in [0.15, 0.2) is 48.5 Å². The molecule has 0 unspecified atom stereocenters. The second kappa shape index (κ2) is 7.75. The Morgan fingerprint density at radius 1 is 0.900 bits per heavy atom. The summed E-state index contributed by atoms with van der Waals surface area (Å²) in [7, 11) is 0. The maximum Gasteiger partial charge on any atom is 0.0406 e. The fourth-order valence-corrected chi connectivity index (χ4v) is 3.28. The zero-order valence-corrected chi connectivity index (χ0v) is 13.7. The zero-order valence-electron chi connectivity index (χ0n) is 12.1. The van der Waals surface area contributed by atoms with E-state index in [-0.39, 0.29) is 0 Å². The van der Waals surface area contributed by atoms with Crippen molar-refractivity contribution in [2.75, 3.05) is 5.75 Å². The van der Waals surface area contributed by atoms with E-state index in [1.807, 2.05) is 23.9 Å². The third kappa shape index (κ3) is 4.88. The van der Waals surface area contributed by atoms with Crippen LogP contribution >= 0.6 is 23.4 Å². The lowest BCUT2D eigenvalue weighted by Crippen LogP contribution is -1.90. The summed E-state index contributed by atoms with van der Waals surface area (Å²) >= 11 is 7.94. The molecule has 0 fully saturated rings. The molecule has 0 aromatic heterocycles. The van der Waals surface area contributed by atoms with Crippen molar-refractivity contribution in [1.82, 2.24) is 0 Å². The van der Waals surface area contributed by atoms with Crippen LogP contribution in [0, 0.1) is 5.92 Å². The van der Waals surface area contributed by atoms with Crippen molar-refractivity contribution < 1.29 is 0 Å². The molecule has 2 heteroatoms. The standard InChI is InChI=1S/C18H21ClS/c1-14(2)11-12-20-13-15-3-5-16(6-4-15)17-7-9-18(19)10-8-17/h3-10,14H,11-13H2,1-2H3. The molecule has 0 amide bonds. The third-order valence-corrected chi connectivity index (χ3v) is 4.55. The van der Waals surface area contributed by atoms with E-state index in [1.165, 1.54) is 28.9 Å². The van der Waals surface area contributed by atoms with Gasteiger partial charge in [-0.1, -0.05) is 61.8 Å². The fourth-order valence-electron chi connectivity index (χ4n) is 1.94. The van der Waals surface area contributed by atoms with Gasteiger partial charge in [-0.25, -0.2) is 0 Å². The summed E-state index contributed by atoms with van der Waals surface area (Å²) in [5.41, 5.74) is 3.86. The van der Waals surface area contributed by atoms with Crippen LogP contribution in [-0.4, -0.2) is 5.75 Å². The number of benzene rings is 2. The Balaban J connectivity index is 1.91. The van der Waals surface area contributed by atoms with E-state index in [0.29, 0.717) is 0 Å². The van der Waals surface area contributed by atoms with Gasteiger partial charge >= 0.3 is 0 Å². The minimum absolute atomic E-state index is 0.784. The molecule has 0 aliphatic rings. The minimum atomic E-state index is 0.784. The first-order chi connectivity index (χ1) is 9.65. The lowest BCUT2D eigenvalue weighted by molar-refractivity contribution is 0.632. The molecule has 2 rings (SSSR count). The molecule has 0 aliphatic carbocycles. The highest BCUT2D eigenvalue weighted by Gasteiger charge is 2.00. The van der Waals surface area contributed by atoms with Gasteiger partial charge in [0.2, 0.25) is 0 Å². The van der Waals surface area contributed by atoms with Crippen LogP contribution in [0.2, 0.25) is 5.02 Å². The molecule has 0 bridgehead atoms. The number of hydrogen-bond acceptors (Lipinski definition) is 1. The van der Waals surface area contributed by atoms with Crippen molar-refractivity contribution in [3.8, 4) is 11.1 Å². The predicted molar refractivity (Wildman–Crippen MR) is 92.5 cm³/mol. The molecule has 0 spiro atoms. The van der Waals surface area contributed by atoms with E-state index >= 15 is 0 Å². The summed E-state index contributed by atoms with van der Waals surface area (Å²) in [4.78, 5) is 0. The van der Waals surface area contributed by atoms with Gasteiger partial charge in [-0.05, 0) is 46.9 Å². The molecule has 0 aliphatic heterocycles. The van der Waals surface area contributed by atoms with Gasteiger partial charge in [-0.15, -0.1) is 0 Å². The summed E-state index contributed by atoms with van der Waals surface area (Å²) in [6.07, 6.45) is 1.30. The Morgan fingerprint density at radius 3 is 2.00 bits per heavy atom. The maximum absolute atomic E-state index is 5.91. The average molecular weight is 305 g/mol. The molecule has 0 radical (unpaired) electrons. The van der Waals surface area contributed by atoms with Crippen molar-refractivity contribution in [1.29, 1.82) is 0 Å². The summed E-state index contributed by atoms with van der Waals surface area (Å²) < 4.78 is 0. The summed E-state index contributed by atoms with van der Waals surface area (Å²) in [5, 5.41) is 0.784. The van der Waals surface area contributed by atoms with Gasteiger partial charge in [-0.2, -0.15) is 11.8 Å². The average Bonchev–Trinajstić information content (AvgIpc) is 2.45. The topological polar surface area (TPSA) is 0 Å². The van der Waals surface area contributed by atoms with E-state index in [9.17, 15) is 0 Å². The van der Waals surface area contributed by atoms with Crippen LogP contribution in [0.25, 0.3) is 11.1 Å². The number of hydrogen-bond donors (Lipinski definition) is 0. The molecular formula is C18H21ClS. The quantitative estimate of drug-likeness (QED) is 0.565. The van der Waals surface area contributed by atoms with Crippen molar-refractivity contribution in [3.63, 3.8) is 0 Å². The molecule has 2 aromatic rings. The van der Waals surface area contributed by atoms with E-state index in [0.717, 1.165) is 16.7 Å². The van der Waals surface area contributed by atoms with Gasteiger partial charge in [0, 0.05) is 10.8 Å². The molecule has 106 valence electrons. The Hall–Kier alpha value is -0.920. The molecule has 0 atom stereocenters. The minimum Gasteiger partial charge on any atom is -0.157 e. The zero-order chi connectivity index (χ0) is 14.4. The van der Waals surface area contributed by atoms with E-state index in [2.05, 4.69) is 50.2 Å². The SMILES string of the molecule is CC(C)CCSCc1ccc(-c2ccc(Cl)cc2)cc1. The number of halogens is 1. The van der Waals surface area contributed by atoms with Gasteiger partial charge in [0.15, 0.2) is 0 Å². The highest BCUT2D eigenvalue weighted by Crippen LogP contribution is 2.23. The highest BCUT2D eigenvalue weighted by molar-refractivity contribution is 7.98. The van der Waals surface area contributed by atoms with Crippen LogP contribution < -0.4 is 0 Å². The van der Waals surface area contributed by atoms with Gasteiger partial charge in [0.25, 0.3) is 0 Å².